The van der Waals surface area contributed by atoms with Crippen molar-refractivity contribution < 1.29 is 0 Å². The molecule has 0 radical (unpaired) electrons. The van der Waals surface area contributed by atoms with Gasteiger partial charge in [-0.05, 0) is 25.7 Å². The minimum absolute atomic E-state index is 0.341. The van der Waals surface area contributed by atoms with Crippen molar-refractivity contribution in [1.82, 2.24) is 9.55 Å². The number of rotatable bonds is 8. The zero-order chi connectivity index (χ0) is 13.6. The van der Waals surface area contributed by atoms with Gasteiger partial charge in [0.05, 0.1) is 5.69 Å². The van der Waals surface area contributed by atoms with Crippen molar-refractivity contribution in [1.29, 1.82) is 0 Å². The Bertz CT molecular complexity index is 353. The van der Waals surface area contributed by atoms with Crippen LogP contribution in [0.2, 0.25) is 0 Å². The van der Waals surface area contributed by atoms with Crippen LogP contribution in [0.15, 0.2) is 6.20 Å². The molecular weight excluding hydrogens is 222 g/mol. The second-order valence-electron chi connectivity index (χ2n) is 5.97. The quantitative estimate of drug-likeness (QED) is 0.701. The third-order valence-corrected chi connectivity index (χ3v) is 3.42. The number of aromatic nitrogens is 2. The Hall–Kier alpha value is -0.990. The summed E-state index contributed by atoms with van der Waals surface area (Å²) < 4.78 is 2.18. The van der Waals surface area contributed by atoms with Crippen LogP contribution in [0.5, 0.6) is 0 Å². The monoisotopic (exact) mass is 251 g/mol. The van der Waals surface area contributed by atoms with Gasteiger partial charge < -0.3 is 9.88 Å². The molecule has 0 saturated carbocycles. The van der Waals surface area contributed by atoms with Crippen LogP contribution in [0, 0.1) is 12.3 Å². The fourth-order valence-electron chi connectivity index (χ4n) is 2.19. The molecule has 0 aromatic carbocycles. The molecule has 1 aromatic rings. The maximum Gasteiger partial charge on any atom is 0.203 e. The topological polar surface area (TPSA) is 29.9 Å². The van der Waals surface area contributed by atoms with Crippen molar-refractivity contribution in [2.45, 2.75) is 66.8 Å². The van der Waals surface area contributed by atoms with Crippen LogP contribution in [-0.4, -0.2) is 16.1 Å². The van der Waals surface area contributed by atoms with E-state index in [1.807, 2.05) is 6.92 Å². The van der Waals surface area contributed by atoms with Gasteiger partial charge in [0.2, 0.25) is 5.95 Å². The summed E-state index contributed by atoms with van der Waals surface area (Å²) in [5.41, 5.74) is 1.43. The van der Waals surface area contributed by atoms with Crippen molar-refractivity contribution in [3.05, 3.63) is 11.9 Å². The fourth-order valence-corrected chi connectivity index (χ4v) is 2.19. The van der Waals surface area contributed by atoms with Crippen LogP contribution >= 0.6 is 0 Å². The first-order chi connectivity index (χ1) is 8.48. The molecule has 18 heavy (non-hydrogen) atoms. The summed E-state index contributed by atoms with van der Waals surface area (Å²) in [6.07, 6.45) is 7.34. The smallest absolute Gasteiger partial charge is 0.203 e. The highest BCUT2D eigenvalue weighted by Crippen LogP contribution is 2.24. The van der Waals surface area contributed by atoms with Gasteiger partial charge in [0, 0.05) is 19.3 Å². The molecule has 0 spiro atoms. The lowest BCUT2D eigenvalue weighted by Crippen LogP contribution is -2.24. The third kappa shape index (κ3) is 4.71. The van der Waals surface area contributed by atoms with E-state index in [-0.39, 0.29) is 0 Å². The minimum Gasteiger partial charge on any atom is -0.355 e. The molecule has 0 fully saturated rings. The first-order valence-corrected chi connectivity index (χ1v) is 7.26. The van der Waals surface area contributed by atoms with E-state index >= 15 is 0 Å². The zero-order valence-corrected chi connectivity index (χ0v) is 12.7. The van der Waals surface area contributed by atoms with Gasteiger partial charge in [0.15, 0.2) is 0 Å². The third-order valence-electron chi connectivity index (χ3n) is 3.42. The Kier molecular flexibility index (Phi) is 5.70. The second kappa shape index (κ2) is 6.81. The number of hydrogen-bond donors (Lipinski definition) is 1. The van der Waals surface area contributed by atoms with Crippen LogP contribution in [0.4, 0.5) is 5.95 Å². The van der Waals surface area contributed by atoms with Gasteiger partial charge >= 0.3 is 0 Å². The van der Waals surface area contributed by atoms with Crippen molar-refractivity contribution in [3.8, 4) is 0 Å². The summed E-state index contributed by atoms with van der Waals surface area (Å²) in [5.74, 6) is 1.01. The van der Waals surface area contributed by atoms with E-state index in [0.717, 1.165) is 24.7 Å². The molecule has 1 heterocycles. The van der Waals surface area contributed by atoms with E-state index in [9.17, 15) is 0 Å². The number of anilines is 1. The Balaban J connectivity index is 2.47. The van der Waals surface area contributed by atoms with Crippen LogP contribution < -0.4 is 5.32 Å². The molecule has 3 nitrogen and oxygen atoms in total. The van der Waals surface area contributed by atoms with Gasteiger partial charge in [-0.3, -0.25) is 0 Å². The average molecular weight is 251 g/mol. The second-order valence-corrected chi connectivity index (χ2v) is 5.97. The fraction of sp³-hybridized carbons (Fsp3) is 0.800. The Morgan fingerprint density at radius 1 is 1.28 bits per heavy atom. The molecule has 0 aliphatic rings. The average Bonchev–Trinajstić information content (AvgIpc) is 2.67. The lowest BCUT2D eigenvalue weighted by atomic mass is 9.87. The van der Waals surface area contributed by atoms with Crippen LogP contribution in [0.25, 0.3) is 0 Å². The molecule has 0 amide bonds. The summed E-state index contributed by atoms with van der Waals surface area (Å²) in [7, 11) is 0. The van der Waals surface area contributed by atoms with Crippen LogP contribution in [0.3, 0.4) is 0 Å². The van der Waals surface area contributed by atoms with Crippen molar-refractivity contribution in [2.75, 3.05) is 11.9 Å². The summed E-state index contributed by atoms with van der Waals surface area (Å²) in [6, 6.07) is 0. The number of aryl methyl sites for hydroxylation is 2. The van der Waals surface area contributed by atoms with E-state index < -0.39 is 0 Å². The predicted octanol–water partition coefficient (Wildman–Crippen LogP) is 4.23. The van der Waals surface area contributed by atoms with E-state index in [0.29, 0.717) is 5.41 Å². The molecule has 1 N–H and O–H groups in total. The van der Waals surface area contributed by atoms with Gasteiger partial charge in [-0.1, -0.05) is 40.0 Å². The molecule has 3 heteroatoms. The highest BCUT2D eigenvalue weighted by molar-refractivity contribution is 5.29. The Morgan fingerprint density at radius 3 is 2.61 bits per heavy atom. The lowest BCUT2D eigenvalue weighted by molar-refractivity contribution is 0.341. The minimum atomic E-state index is 0.341. The highest BCUT2D eigenvalue weighted by atomic mass is 15.2. The summed E-state index contributed by atoms with van der Waals surface area (Å²) in [5, 5.41) is 3.50. The van der Waals surface area contributed by atoms with Gasteiger partial charge in [-0.15, -0.1) is 0 Å². The highest BCUT2D eigenvalue weighted by Gasteiger charge is 2.18. The Morgan fingerprint density at radius 2 is 2.00 bits per heavy atom. The molecule has 1 rings (SSSR count). The van der Waals surface area contributed by atoms with Gasteiger partial charge in [-0.2, -0.15) is 0 Å². The first kappa shape index (κ1) is 15.1. The van der Waals surface area contributed by atoms with E-state index in [1.165, 1.54) is 25.7 Å². The van der Waals surface area contributed by atoms with E-state index in [4.69, 9.17) is 0 Å². The normalized spacial score (nSPS) is 11.8. The summed E-state index contributed by atoms with van der Waals surface area (Å²) >= 11 is 0. The summed E-state index contributed by atoms with van der Waals surface area (Å²) in [4.78, 5) is 4.53. The van der Waals surface area contributed by atoms with Crippen molar-refractivity contribution >= 4 is 5.95 Å². The number of imidazole rings is 1. The first-order valence-electron chi connectivity index (χ1n) is 7.26. The van der Waals surface area contributed by atoms with Crippen LogP contribution in [0.1, 0.15) is 59.1 Å². The Labute approximate surface area is 112 Å². The molecule has 0 aliphatic heterocycles. The molecular formula is C15H29N3. The zero-order valence-electron chi connectivity index (χ0n) is 12.7. The summed E-state index contributed by atoms with van der Waals surface area (Å²) in [6.45, 7) is 13.1. The number of nitrogens with one attached hydrogen (secondary N) is 1. The maximum absolute atomic E-state index is 4.53. The largest absolute Gasteiger partial charge is 0.355 e. The molecule has 104 valence electrons. The van der Waals surface area contributed by atoms with Gasteiger partial charge in [0.25, 0.3) is 0 Å². The lowest BCUT2D eigenvalue weighted by Gasteiger charge is -2.25. The molecule has 0 bridgehead atoms. The van der Waals surface area contributed by atoms with E-state index in [2.05, 4.69) is 48.8 Å². The van der Waals surface area contributed by atoms with E-state index in [1.54, 1.807) is 0 Å². The molecule has 0 saturated heterocycles. The molecule has 0 unspecified atom stereocenters. The van der Waals surface area contributed by atoms with Gasteiger partial charge in [-0.25, -0.2) is 4.98 Å². The number of unbranched alkanes of at least 4 members (excludes halogenated alkanes) is 2. The van der Waals surface area contributed by atoms with Crippen molar-refractivity contribution in [2.24, 2.45) is 5.41 Å². The van der Waals surface area contributed by atoms with Crippen LogP contribution in [-0.2, 0) is 6.54 Å². The maximum atomic E-state index is 4.53. The van der Waals surface area contributed by atoms with Crippen molar-refractivity contribution in [3.63, 3.8) is 0 Å². The number of nitrogens with zero attached hydrogens (tertiary/aromatic N) is 2. The molecule has 0 atom stereocenters. The molecule has 0 aliphatic carbocycles. The predicted molar refractivity (Wildman–Crippen MR) is 79.1 cm³/mol. The number of hydrogen-bond acceptors (Lipinski definition) is 2. The molecule has 1 aromatic heterocycles. The SMILES string of the molecule is CCCCCC(C)(C)CNc1nc(C)cn1CC. The van der Waals surface area contributed by atoms with Gasteiger partial charge in [0.1, 0.15) is 0 Å². The standard InChI is InChI=1S/C15H29N3/c1-6-8-9-10-15(4,5)12-16-14-17-13(3)11-18(14)7-2/h11H,6-10,12H2,1-5H3,(H,16,17).